The van der Waals surface area contributed by atoms with Gasteiger partial charge in [-0.25, -0.2) is 4.39 Å². The van der Waals surface area contributed by atoms with Gasteiger partial charge in [-0.05, 0) is 49.2 Å². The zero-order chi connectivity index (χ0) is 15.2. The minimum Gasteiger partial charge on any atom is -0.490 e. The summed E-state index contributed by atoms with van der Waals surface area (Å²) in [6.45, 7) is 4.38. The van der Waals surface area contributed by atoms with E-state index in [1.807, 2.05) is 13.8 Å². The van der Waals surface area contributed by atoms with Crippen LogP contribution in [0, 0.1) is 12.7 Å². The van der Waals surface area contributed by atoms with Crippen molar-refractivity contribution in [2.45, 2.75) is 20.5 Å². The predicted molar refractivity (Wildman–Crippen MR) is 78.5 cm³/mol. The lowest BCUT2D eigenvalue weighted by Gasteiger charge is -2.14. The van der Waals surface area contributed by atoms with E-state index >= 15 is 0 Å². The van der Waals surface area contributed by atoms with Crippen molar-refractivity contribution in [2.75, 3.05) is 6.61 Å². The van der Waals surface area contributed by atoms with Crippen LogP contribution in [0.1, 0.15) is 28.4 Å². The van der Waals surface area contributed by atoms with Crippen LogP contribution in [-0.2, 0) is 6.61 Å². The maximum atomic E-state index is 13.3. The molecular formula is C17H17FO3. The van der Waals surface area contributed by atoms with Crippen molar-refractivity contribution in [3.63, 3.8) is 0 Å². The van der Waals surface area contributed by atoms with E-state index in [0.29, 0.717) is 23.7 Å². The molecule has 0 aromatic heterocycles. The molecule has 0 heterocycles. The van der Waals surface area contributed by atoms with E-state index in [-0.39, 0.29) is 12.4 Å². The number of aldehydes is 1. The fourth-order valence-corrected chi connectivity index (χ4v) is 1.99. The van der Waals surface area contributed by atoms with Crippen LogP contribution in [-0.4, -0.2) is 12.9 Å². The normalized spacial score (nSPS) is 10.2. The van der Waals surface area contributed by atoms with Crippen molar-refractivity contribution < 1.29 is 18.7 Å². The molecule has 110 valence electrons. The van der Waals surface area contributed by atoms with Crippen LogP contribution in [0.3, 0.4) is 0 Å². The van der Waals surface area contributed by atoms with Crippen molar-refractivity contribution in [3.8, 4) is 11.5 Å². The average Bonchev–Trinajstić information content (AvgIpc) is 2.49. The molecular weight excluding hydrogens is 271 g/mol. The first-order chi connectivity index (χ1) is 10.2. The summed E-state index contributed by atoms with van der Waals surface area (Å²) in [5, 5.41) is 0. The van der Waals surface area contributed by atoms with E-state index in [0.717, 1.165) is 17.4 Å². The van der Waals surface area contributed by atoms with Crippen LogP contribution in [0.5, 0.6) is 11.5 Å². The van der Waals surface area contributed by atoms with Crippen LogP contribution < -0.4 is 9.47 Å². The van der Waals surface area contributed by atoms with Gasteiger partial charge in [-0.15, -0.1) is 0 Å². The van der Waals surface area contributed by atoms with E-state index in [9.17, 15) is 9.18 Å². The number of carbonyl (C=O) groups excluding carboxylic acids is 1. The second-order valence-corrected chi connectivity index (χ2v) is 4.58. The summed E-state index contributed by atoms with van der Waals surface area (Å²) in [6.07, 6.45) is 0.719. The van der Waals surface area contributed by atoms with Gasteiger partial charge >= 0.3 is 0 Å². The number of ether oxygens (including phenoxy) is 2. The van der Waals surface area contributed by atoms with Gasteiger partial charge in [0.15, 0.2) is 17.8 Å². The highest BCUT2D eigenvalue weighted by Crippen LogP contribution is 2.31. The molecule has 0 aliphatic carbocycles. The minimum absolute atomic E-state index is 0.175. The maximum absolute atomic E-state index is 13.3. The highest BCUT2D eigenvalue weighted by Gasteiger charge is 2.11. The fourth-order valence-electron chi connectivity index (χ4n) is 1.99. The Hall–Kier alpha value is -2.36. The number of para-hydroxylation sites is 1. The number of carbonyl (C=O) groups is 1. The summed E-state index contributed by atoms with van der Waals surface area (Å²) < 4.78 is 24.5. The predicted octanol–water partition coefficient (Wildman–Crippen LogP) is 3.92. The van der Waals surface area contributed by atoms with Gasteiger partial charge in [0.1, 0.15) is 12.4 Å². The highest BCUT2D eigenvalue weighted by molar-refractivity contribution is 5.81. The Kier molecular flexibility index (Phi) is 4.93. The van der Waals surface area contributed by atoms with Crippen molar-refractivity contribution in [3.05, 3.63) is 58.9 Å². The number of benzene rings is 2. The third kappa shape index (κ3) is 3.60. The third-order valence-corrected chi connectivity index (χ3v) is 3.12. The van der Waals surface area contributed by atoms with Gasteiger partial charge in [-0.2, -0.15) is 0 Å². The standard InChI is InChI=1S/C17H17FO3/c1-3-20-16-6-4-5-13(10-19)17(16)21-11-14-9-15(18)8-7-12(14)2/h4-10H,3,11H2,1-2H3. The molecule has 0 N–H and O–H groups in total. The molecule has 4 heteroatoms. The first-order valence-corrected chi connectivity index (χ1v) is 6.74. The second kappa shape index (κ2) is 6.88. The summed E-state index contributed by atoms with van der Waals surface area (Å²) in [4.78, 5) is 11.1. The van der Waals surface area contributed by atoms with E-state index in [1.165, 1.54) is 12.1 Å². The molecule has 2 rings (SSSR count). The van der Waals surface area contributed by atoms with E-state index in [1.54, 1.807) is 24.3 Å². The zero-order valence-corrected chi connectivity index (χ0v) is 12.1. The molecule has 0 atom stereocenters. The first-order valence-electron chi connectivity index (χ1n) is 6.74. The van der Waals surface area contributed by atoms with Crippen LogP contribution in [0.15, 0.2) is 36.4 Å². The second-order valence-electron chi connectivity index (χ2n) is 4.58. The molecule has 2 aromatic rings. The van der Waals surface area contributed by atoms with Gasteiger partial charge in [0.25, 0.3) is 0 Å². The highest BCUT2D eigenvalue weighted by atomic mass is 19.1. The number of halogens is 1. The minimum atomic E-state index is -0.312. The van der Waals surface area contributed by atoms with Gasteiger partial charge in [-0.1, -0.05) is 12.1 Å². The fraction of sp³-hybridized carbons (Fsp3) is 0.235. The Labute approximate surface area is 123 Å². The Morgan fingerprint density at radius 3 is 2.71 bits per heavy atom. The van der Waals surface area contributed by atoms with Crippen LogP contribution in [0.25, 0.3) is 0 Å². The quantitative estimate of drug-likeness (QED) is 0.756. The van der Waals surface area contributed by atoms with Gasteiger partial charge in [0, 0.05) is 0 Å². The van der Waals surface area contributed by atoms with Crippen LogP contribution >= 0.6 is 0 Å². The molecule has 0 amide bonds. The molecule has 0 saturated carbocycles. The Bertz CT molecular complexity index is 638. The molecule has 3 nitrogen and oxygen atoms in total. The van der Waals surface area contributed by atoms with Gasteiger partial charge in [0.2, 0.25) is 0 Å². The smallest absolute Gasteiger partial charge is 0.172 e. The van der Waals surface area contributed by atoms with Crippen LogP contribution in [0.2, 0.25) is 0 Å². The summed E-state index contributed by atoms with van der Waals surface area (Å²) >= 11 is 0. The molecule has 0 bridgehead atoms. The lowest BCUT2D eigenvalue weighted by atomic mass is 10.1. The number of aryl methyl sites for hydroxylation is 1. The Morgan fingerprint density at radius 2 is 2.00 bits per heavy atom. The lowest BCUT2D eigenvalue weighted by Crippen LogP contribution is -2.03. The van der Waals surface area contributed by atoms with Crippen molar-refractivity contribution in [1.82, 2.24) is 0 Å². The van der Waals surface area contributed by atoms with E-state index in [4.69, 9.17) is 9.47 Å². The van der Waals surface area contributed by atoms with Crippen molar-refractivity contribution in [2.24, 2.45) is 0 Å². The van der Waals surface area contributed by atoms with E-state index in [2.05, 4.69) is 0 Å². The molecule has 21 heavy (non-hydrogen) atoms. The lowest BCUT2D eigenvalue weighted by molar-refractivity contribution is 0.111. The largest absolute Gasteiger partial charge is 0.490 e. The summed E-state index contributed by atoms with van der Waals surface area (Å²) in [5.74, 6) is 0.585. The first kappa shape index (κ1) is 15.0. The topological polar surface area (TPSA) is 35.5 Å². The molecule has 0 aliphatic rings. The molecule has 0 spiro atoms. The molecule has 0 unspecified atom stereocenters. The number of hydrogen-bond acceptors (Lipinski definition) is 3. The monoisotopic (exact) mass is 288 g/mol. The maximum Gasteiger partial charge on any atom is 0.172 e. The van der Waals surface area contributed by atoms with Gasteiger partial charge in [-0.3, -0.25) is 4.79 Å². The summed E-state index contributed by atoms with van der Waals surface area (Å²) in [7, 11) is 0. The summed E-state index contributed by atoms with van der Waals surface area (Å²) in [5.41, 5.74) is 2.08. The SMILES string of the molecule is CCOc1cccc(C=O)c1OCc1cc(F)ccc1C. The van der Waals surface area contributed by atoms with Crippen molar-refractivity contribution in [1.29, 1.82) is 0 Å². The Morgan fingerprint density at radius 1 is 1.19 bits per heavy atom. The number of hydrogen-bond donors (Lipinski definition) is 0. The average molecular weight is 288 g/mol. The van der Waals surface area contributed by atoms with Crippen molar-refractivity contribution >= 4 is 6.29 Å². The third-order valence-electron chi connectivity index (χ3n) is 3.12. The van der Waals surface area contributed by atoms with Gasteiger partial charge in [0.05, 0.1) is 12.2 Å². The molecule has 0 fully saturated rings. The van der Waals surface area contributed by atoms with E-state index < -0.39 is 0 Å². The Balaban J connectivity index is 2.26. The van der Waals surface area contributed by atoms with Crippen LogP contribution in [0.4, 0.5) is 4.39 Å². The molecule has 0 aliphatic heterocycles. The summed E-state index contributed by atoms with van der Waals surface area (Å²) in [6, 6.07) is 9.66. The zero-order valence-electron chi connectivity index (χ0n) is 12.1. The number of rotatable bonds is 6. The molecule has 0 saturated heterocycles. The van der Waals surface area contributed by atoms with Gasteiger partial charge < -0.3 is 9.47 Å². The molecule has 0 radical (unpaired) electrons. The molecule has 2 aromatic carbocycles.